The Morgan fingerprint density at radius 2 is 2.05 bits per heavy atom. The van der Waals surface area contributed by atoms with E-state index in [0.717, 1.165) is 23.7 Å². The Morgan fingerprint density at radius 3 is 2.67 bits per heavy atom. The zero-order valence-corrected chi connectivity index (χ0v) is 13.1. The topological polar surface area (TPSA) is 48.3 Å². The second kappa shape index (κ2) is 7.13. The Labute approximate surface area is 125 Å². The molecule has 5 heteroatoms. The van der Waals surface area contributed by atoms with E-state index in [1.54, 1.807) is 11.8 Å². The van der Waals surface area contributed by atoms with Crippen molar-refractivity contribution >= 4 is 0 Å². The minimum absolute atomic E-state index is 0.431. The highest BCUT2D eigenvalue weighted by atomic mass is 16.5. The molecule has 0 fully saturated rings. The lowest BCUT2D eigenvalue weighted by Crippen LogP contribution is -2.21. The monoisotopic (exact) mass is 289 g/mol. The van der Waals surface area contributed by atoms with Crippen LogP contribution in [-0.4, -0.2) is 22.9 Å². The van der Waals surface area contributed by atoms with Gasteiger partial charge in [-0.1, -0.05) is 19.9 Å². The molecule has 21 heavy (non-hydrogen) atoms. The van der Waals surface area contributed by atoms with E-state index in [-0.39, 0.29) is 0 Å². The van der Waals surface area contributed by atoms with E-state index in [0.29, 0.717) is 12.6 Å². The number of rotatable bonds is 7. The molecular formula is C16H23N3O2. The highest BCUT2D eigenvalue weighted by molar-refractivity contribution is 5.43. The summed E-state index contributed by atoms with van der Waals surface area (Å²) in [5.41, 5.74) is 2.07. The fourth-order valence-corrected chi connectivity index (χ4v) is 1.96. The van der Waals surface area contributed by atoms with Crippen LogP contribution in [0.15, 0.2) is 30.5 Å². The zero-order valence-electron chi connectivity index (χ0n) is 13.1. The number of hydrogen-bond donors (Lipinski definition) is 1. The van der Waals surface area contributed by atoms with Gasteiger partial charge in [-0.15, -0.1) is 0 Å². The molecule has 0 spiro atoms. The molecule has 0 aliphatic rings. The first kappa shape index (κ1) is 15.4. The van der Waals surface area contributed by atoms with E-state index in [1.807, 2.05) is 37.5 Å². The maximum atomic E-state index is 5.79. The normalized spacial score (nSPS) is 10.9. The summed E-state index contributed by atoms with van der Waals surface area (Å²) in [6, 6.07) is 8.39. The van der Waals surface area contributed by atoms with Crippen molar-refractivity contribution in [1.29, 1.82) is 0 Å². The van der Waals surface area contributed by atoms with Gasteiger partial charge in [0.05, 0.1) is 12.8 Å². The van der Waals surface area contributed by atoms with Crippen LogP contribution in [0.1, 0.15) is 25.1 Å². The maximum Gasteiger partial charge on any atom is 0.161 e. The van der Waals surface area contributed by atoms with Gasteiger partial charge >= 0.3 is 0 Å². The Morgan fingerprint density at radius 1 is 1.24 bits per heavy atom. The first-order valence-electron chi connectivity index (χ1n) is 7.10. The molecule has 0 saturated carbocycles. The lowest BCUT2D eigenvalue weighted by Gasteiger charge is -2.13. The quantitative estimate of drug-likeness (QED) is 0.851. The molecule has 114 valence electrons. The van der Waals surface area contributed by atoms with Crippen LogP contribution >= 0.6 is 0 Å². The Hall–Kier alpha value is -2.01. The van der Waals surface area contributed by atoms with Crippen LogP contribution in [0, 0.1) is 0 Å². The molecule has 1 N–H and O–H groups in total. The van der Waals surface area contributed by atoms with Crippen LogP contribution in [0.4, 0.5) is 0 Å². The average Bonchev–Trinajstić information content (AvgIpc) is 2.88. The molecule has 1 heterocycles. The molecule has 0 radical (unpaired) electrons. The van der Waals surface area contributed by atoms with E-state index in [1.165, 1.54) is 5.56 Å². The number of aryl methyl sites for hydroxylation is 1. The molecule has 0 amide bonds. The number of ether oxygens (including phenoxy) is 2. The molecule has 0 aliphatic carbocycles. The second-order valence-electron chi connectivity index (χ2n) is 5.29. The van der Waals surface area contributed by atoms with E-state index >= 15 is 0 Å². The van der Waals surface area contributed by atoms with Crippen molar-refractivity contribution in [1.82, 2.24) is 15.1 Å². The van der Waals surface area contributed by atoms with Crippen LogP contribution < -0.4 is 14.8 Å². The first-order chi connectivity index (χ1) is 10.1. The van der Waals surface area contributed by atoms with Crippen molar-refractivity contribution in [2.45, 2.75) is 33.0 Å². The molecule has 2 rings (SSSR count). The van der Waals surface area contributed by atoms with Crippen molar-refractivity contribution < 1.29 is 9.47 Å². The van der Waals surface area contributed by atoms with E-state index < -0.39 is 0 Å². The van der Waals surface area contributed by atoms with Gasteiger partial charge in [0.15, 0.2) is 11.5 Å². The van der Waals surface area contributed by atoms with Crippen LogP contribution in [-0.2, 0) is 20.2 Å². The third-order valence-electron chi connectivity index (χ3n) is 3.09. The lowest BCUT2D eigenvalue weighted by molar-refractivity contribution is 0.279. The van der Waals surface area contributed by atoms with Crippen molar-refractivity contribution in [2.75, 3.05) is 7.11 Å². The Balaban J connectivity index is 2.01. The van der Waals surface area contributed by atoms with Crippen molar-refractivity contribution in [3.05, 3.63) is 41.7 Å². The van der Waals surface area contributed by atoms with Gasteiger partial charge in [-0.2, -0.15) is 5.10 Å². The number of aromatic nitrogens is 2. The Bertz CT molecular complexity index is 579. The molecule has 0 saturated heterocycles. The summed E-state index contributed by atoms with van der Waals surface area (Å²) in [7, 11) is 3.54. The maximum absolute atomic E-state index is 5.79. The number of benzene rings is 1. The lowest BCUT2D eigenvalue weighted by atomic mass is 10.2. The molecule has 0 aliphatic heterocycles. The summed E-state index contributed by atoms with van der Waals surface area (Å²) in [6.07, 6.45) is 1.90. The van der Waals surface area contributed by atoms with E-state index in [9.17, 15) is 0 Å². The smallest absolute Gasteiger partial charge is 0.161 e. The molecule has 0 bridgehead atoms. The van der Waals surface area contributed by atoms with Crippen LogP contribution in [0.25, 0.3) is 0 Å². The van der Waals surface area contributed by atoms with Gasteiger partial charge in [0, 0.05) is 25.8 Å². The van der Waals surface area contributed by atoms with Crippen LogP contribution in [0.3, 0.4) is 0 Å². The Kier molecular flexibility index (Phi) is 5.22. The van der Waals surface area contributed by atoms with Gasteiger partial charge in [0.2, 0.25) is 0 Å². The molecule has 0 unspecified atom stereocenters. The van der Waals surface area contributed by atoms with Gasteiger partial charge in [0.1, 0.15) is 6.61 Å². The van der Waals surface area contributed by atoms with Crippen molar-refractivity contribution in [3.8, 4) is 11.5 Å². The summed E-state index contributed by atoms with van der Waals surface area (Å²) in [6.45, 7) is 5.50. The number of nitrogens with zero attached hydrogens (tertiary/aromatic N) is 2. The van der Waals surface area contributed by atoms with Crippen LogP contribution in [0.2, 0.25) is 0 Å². The molecule has 1 aromatic heterocycles. The summed E-state index contributed by atoms with van der Waals surface area (Å²) in [5.74, 6) is 1.48. The number of hydrogen-bond acceptors (Lipinski definition) is 4. The molecular weight excluding hydrogens is 266 g/mol. The second-order valence-corrected chi connectivity index (χ2v) is 5.29. The van der Waals surface area contributed by atoms with Gasteiger partial charge < -0.3 is 14.8 Å². The SMILES string of the molecule is COc1cc(CNC(C)C)ccc1OCc1ccn(C)n1. The van der Waals surface area contributed by atoms with Gasteiger partial charge in [-0.05, 0) is 23.8 Å². The average molecular weight is 289 g/mol. The largest absolute Gasteiger partial charge is 0.493 e. The zero-order chi connectivity index (χ0) is 15.2. The molecule has 2 aromatic rings. The van der Waals surface area contributed by atoms with Gasteiger partial charge in [0.25, 0.3) is 0 Å². The third-order valence-corrected chi connectivity index (χ3v) is 3.09. The standard InChI is InChI=1S/C16H23N3O2/c1-12(2)17-10-13-5-6-15(16(9-13)20-4)21-11-14-7-8-19(3)18-14/h5-9,12,17H,10-11H2,1-4H3. The molecule has 5 nitrogen and oxygen atoms in total. The summed E-state index contributed by atoms with van der Waals surface area (Å²) in [5, 5.41) is 7.67. The molecule has 0 atom stereocenters. The highest BCUT2D eigenvalue weighted by Gasteiger charge is 2.07. The minimum Gasteiger partial charge on any atom is -0.493 e. The summed E-state index contributed by atoms with van der Waals surface area (Å²) >= 11 is 0. The van der Waals surface area contributed by atoms with Gasteiger partial charge in [-0.3, -0.25) is 4.68 Å². The van der Waals surface area contributed by atoms with E-state index in [2.05, 4.69) is 24.3 Å². The van der Waals surface area contributed by atoms with Crippen molar-refractivity contribution in [2.24, 2.45) is 7.05 Å². The van der Waals surface area contributed by atoms with E-state index in [4.69, 9.17) is 9.47 Å². The fourth-order valence-electron chi connectivity index (χ4n) is 1.96. The predicted molar refractivity (Wildman–Crippen MR) is 82.5 cm³/mol. The first-order valence-corrected chi connectivity index (χ1v) is 7.10. The summed E-state index contributed by atoms with van der Waals surface area (Å²) in [4.78, 5) is 0. The number of methoxy groups -OCH3 is 1. The van der Waals surface area contributed by atoms with Gasteiger partial charge in [-0.25, -0.2) is 0 Å². The predicted octanol–water partition coefficient (Wildman–Crippen LogP) is 2.51. The summed E-state index contributed by atoms with van der Waals surface area (Å²) < 4.78 is 13.0. The number of nitrogens with one attached hydrogen (secondary N) is 1. The highest BCUT2D eigenvalue weighted by Crippen LogP contribution is 2.28. The van der Waals surface area contributed by atoms with Crippen LogP contribution in [0.5, 0.6) is 11.5 Å². The van der Waals surface area contributed by atoms with Crippen molar-refractivity contribution in [3.63, 3.8) is 0 Å². The minimum atomic E-state index is 0.431. The molecule has 1 aromatic carbocycles. The third kappa shape index (κ3) is 4.49. The fraction of sp³-hybridized carbons (Fsp3) is 0.438.